The molecule has 1 amide bonds. The molecule has 0 aromatic heterocycles. The molecule has 11 heavy (non-hydrogen) atoms. The van der Waals surface area contributed by atoms with Crippen LogP contribution in [0.3, 0.4) is 0 Å². The SMILES string of the molecule is O=C(O)N1CCCCOCC1. The summed E-state index contributed by atoms with van der Waals surface area (Å²) >= 11 is 0. The van der Waals surface area contributed by atoms with Gasteiger partial charge in [0.25, 0.3) is 0 Å². The van der Waals surface area contributed by atoms with E-state index in [2.05, 4.69) is 0 Å². The summed E-state index contributed by atoms with van der Waals surface area (Å²) in [7, 11) is 0. The van der Waals surface area contributed by atoms with Crippen LogP contribution in [0.25, 0.3) is 0 Å². The lowest BCUT2D eigenvalue weighted by atomic mass is 10.3. The lowest BCUT2D eigenvalue weighted by molar-refractivity contribution is 0.0755. The first kappa shape index (κ1) is 8.33. The minimum atomic E-state index is -0.837. The Kier molecular flexibility index (Phi) is 3.16. The zero-order valence-electron chi connectivity index (χ0n) is 6.45. The number of hydrogen-bond acceptors (Lipinski definition) is 2. The van der Waals surface area contributed by atoms with Gasteiger partial charge in [-0.15, -0.1) is 0 Å². The van der Waals surface area contributed by atoms with E-state index in [1.807, 2.05) is 0 Å². The summed E-state index contributed by atoms with van der Waals surface area (Å²) in [4.78, 5) is 11.9. The van der Waals surface area contributed by atoms with E-state index < -0.39 is 6.09 Å². The molecule has 1 rings (SSSR count). The zero-order chi connectivity index (χ0) is 8.10. The smallest absolute Gasteiger partial charge is 0.407 e. The van der Waals surface area contributed by atoms with Crippen LogP contribution in [0, 0.1) is 0 Å². The molecule has 0 aromatic rings. The van der Waals surface area contributed by atoms with E-state index in [0.29, 0.717) is 19.7 Å². The molecule has 4 heteroatoms. The van der Waals surface area contributed by atoms with Crippen LogP contribution >= 0.6 is 0 Å². The van der Waals surface area contributed by atoms with Gasteiger partial charge in [-0.05, 0) is 12.8 Å². The van der Waals surface area contributed by atoms with Crippen molar-refractivity contribution in [1.82, 2.24) is 4.90 Å². The molecule has 64 valence electrons. The van der Waals surface area contributed by atoms with Crippen molar-refractivity contribution in [3.8, 4) is 0 Å². The number of carboxylic acid groups (broad SMARTS) is 1. The average molecular weight is 159 g/mol. The summed E-state index contributed by atoms with van der Waals surface area (Å²) in [5.41, 5.74) is 0. The van der Waals surface area contributed by atoms with Gasteiger partial charge in [-0.2, -0.15) is 0 Å². The van der Waals surface area contributed by atoms with Crippen molar-refractivity contribution >= 4 is 6.09 Å². The average Bonchev–Trinajstić information content (AvgIpc) is 1.84. The largest absolute Gasteiger partial charge is 0.465 e. The molecule has 0 saturated carbocycles. The van der Waals surface area contributed by atoms with Gasteiger partial charge in [-0.25, -0.2) is 4.79 Å². The van der Waals surface area contributed by atoms with Crippen molar-refractivity contribution in [1.29, 1.82) is 0 Å². The third-order valence-corrected chi connectivity index (χ3v) is 1.74. The molecule has 0 unspecified atom stereocenters. The predicted octanol–water partition coefficient (Wildman–Crippen LogP) is 0.777. The Bertz CT molecular complexity index is 130. The Morgan fingerprint density at radius 2 is 2.09 bits per heavy atom. The first-order valence-electron chi connectivity index (χ1n) is 3.86. The van der Waals surface area contributed by atoms with Gasteiger partial charge >= 0.3 is 6.09 Å². The van der Waals surface area contributed by atoms with E-state index in [4.69, 9.17) is 9.84 Å². The van der Waals surface area contributed by atoms with E-state index >= 15 is 0 Å². The molecule has 0 radical (unpaired) electrons. The van der Waals surface area contributed by atoms with E-state index in [9.17, 15) is 4.79 Å². The molecule has 4 nitrogen and oxygen atoms in total. The Morgan fingerprint density at radius 3 is 2.82 bits per heavy atom. The normalized spacial score (nSPS) is 20.5. The lowest BCUT2D eigenvalue weighted by Crippen LogP contribution is -2.35. The van der Waals surface area contributed by atoms with E-state index in [0.717, 1.165) is 19.4 Å². The topological polar surface area (TPSA) is 49.8 Å². The highest BCUT2D eigenvalue weighted by atomic mass is 16.5. The van der Waals surface area contributed by atoms with Gasteiger partial charge in [0.2, 0.25) is 0 Å². The highest BCUT2D eigenvalue weighted by Gasteiger charge is 2.12. The molecule has 1 aliphatic heterocycles. The van der Waals surface area contributed by atoms with E-state index in [1.54, 1.807) is 0 Å². The molecule has 1 aliphatic rings. The molecule has 1 fully saturated rings. The van der Waals surface area contributed by atoms with Crippen LogP contribution in [0.5, 0.6) is 0 Å². The number of nitrogens with zero attached hydrogens (tertiary/aromatic N) is 1. The van der Waals surface area contributed by atoms with Crippen LogP contribution in [0.2, 0.25) is 0 Å². The molecule has 0 aromatic carbocycles. The van der Waals surface area contributed by atoms with Crippen molar-refractivity contribution in [2.75, 3.05) is 26.3 Å². The first-order valence-corrected chi connectivity index (χ1v) is 3.86. The fourth-order valence-electron chi connectivity index (χ4n) is 1.09. The lowest BCUT2D eigenvalue weighted by Gasteiger charge is -2.21. The third-order valence-electron chi connectivity index (χ3n) is 1.74. The van der Waals surface area contributed by atoms with Crippen LogP contribution in [-0.4, -0.2) is 42.4 Å². The Balaban J connectivity index is 2.32. The van der Waals surface area contributed by atoms with Gasteiger partial charge < -0.3 is 14.7 Å². The summed E-state index contributed by atoms with van der Waals surface area (Å²) in [6, 6.07) is 0. The zero-order valence-corrected chi connectivity index (χ0v) is 6.45. The van der Waals surface area contributed by atoms with Crippen LogP contribution in [0.1, 0.15) is 12.8 Å². The van der Waals surface area contributed by atoms with Gasteiger partial charge in [-0.1, -0.05) is 0 Å². The molecule has 0 bridgehead atoms. The van der Waals surface area contributed by atoms with E-state index in [-0.39, 0.29) is 0 Å². The van der Waals surface area contributed by atoms with E-state index in [1.165, 1.54) is 4.90 Å². The molecule has 1 saturated heterocycles. The van der Waals surface area contributed by atoms with Crippen LogP contribution in [-0.2, 0) is 4.74 Å². The monoisotopic (exact) mass is 159 g/mol. The number of rotatable bonds is 0. The number of amides is 1. The maximum absolute atomic E-state index is 10.5. The summed E-state index contributed by atoms with van der Waals surface area (Å²) in [6.07, 6.45) is 1.03. The van der Waals surface area contributed by atoms with Crippen LogP contribution < -0.4 is 0 Å². The molecule has 0 spiro atoms. The number of ether oxygens (including phenoxy) is 1. The molecule has 1 N–H and O–H groups in total. The predicted molar refractivity (Wildman–Crippen MR) is 39.7 cm³/mol. The van der Waals surface area contributed by atoms with Gasteiger partial charge in [0.05, 0.1) is 6.61 Å². The van der Waals surface area contributed by atoms with Gasteiger partial charge in [0.15, 0.2) is 0 Å². The highest BCUT2D eigenvalue weighted by Crippen LogP contribution is 2.00. The van der Waals surface area contributed by atoms with Gasteiger partial charge in [-0.3, -0.25) is 0 Å². The minimum Gasteiger partial charge on any atom is -0.465 e. The second-order valence-electron chi connectivity index (χ2n) is 2.59. The summed E-state index contributed by atoms with van der Waals surface area (Å²) in [5, 5.41) is 8.63. The van der Waals surface area contributed by atoms with Crippen molar-refractivity contribution < 1.29 is 14.6 Å². The summed E-state index contributed by atoms with van der Waals surface area (Å²) in [5.74, 6) is 0. The summed E-state index contributed by atoms with van der Waals surface area (Å²) in [6.45, 7) is 2.47. The second-order valence-corrected chi connectivity index (χ2v) is 2.59. The van der Waals surface area contributed by atoms with Crippen LogP contribution in [0.15, 0.2) is 0 Å². The Hall–Kier alpha value is -0.770. The second kappa shape index (κ2) is 4.18. The fraction of sp³-hybridized carbons (Fsp3) is 0.857. The third kappa shape index (κ3) is 2.76. The Morgan fingerprint density at radius 1 is 1.27 bits per heavy atom. The van der Waals surface area contributed by atoms with Crippen molar-refractivity contribution in [3.05, 3.63) is 0 Å². The fourth-order valence-corrected chi connectivity index (χ4v) is 1.09. The quantitative estimate of drug-likeness (QED) is 0.568. The highest BCUT2D eigenvalue weighted by molar-refractivity contribution is 5.64. The number of carbonyl (C=O) groups is 1. The molecular formula is C7H13NO3. The maximum atomic E-state index is 10.5. The van der Waals surface area contributed by atoms with Crippen molar-refractivity contribution in [2.45, 2.75) is 12.8 Å². The molecule has 0 atom stereocenters. The Labute approximate surface area is 65.8 Å². The molecule has 1 heterocycles. The first-order chi connectivity index (χ1) is 5.30. The summed E-state index contributed by atoms with van der Waals surface area (Å²) < 4.78 is 5.15. The van der Waals surface area contributed by atoms with Crippen molar-refractivity contribution in [2.24, 2.45) is 0 Å². The van der Waals surface area contributed by atoms with Gasteiger partial charge in [0.1, 0.15) is 0 Å². The number of hydrogen-bond donors (Lipinski definition) is 1. The maximum Gasteiger partial charge on any atom is 0.407 e. The minimum absolute atomic E-state index is 0.509. The standard InChI is InChI=1S/C7H13NO3/c9-7(10)8-3-1-2-5-11-6-4-8/h1-6H2,(H,9,10). The van der Waals surface area contributed by atoms with Gasteiger partial charge in [0, 0.05) is 19.7 Å². The van der Waals surface area contributed by atoms with Crippen LogP contribution in [0.4, 0.5) is 4.79 Å². The molecule has 0 aliphatic carbocycles. The molecular weight excluding hydrogens is 146 g/mol. The van der Waals surface area contributed by atoms with Crippen molar-refractivity contribution in [3.63, 3.8) is 0 Å².